The van der Waals surface area contributed by atoms with Crippen LogP contribution in [-0.4, -0.2) is 37.3 Å². The first-order valence-corrected chi connectivity index (χ1v) is 11.9. The molecule has 0 aliphatic heterocycles. The first-order chi connectivity index (χ1) is 17.2. The van der Waals surface area contributed by atoms with E-state index < -0.39 is 29.2 Å². The molecule has 10 heteroatoms. The molecule has 2 aromatic carbocycles. The van der Waals surface area contributed by atoms with Crippen LogP contribution in [0, 0.1) is 5.82 Å². The van der Waals surface area contributed by atoms with Crippen molar-refractivity contribution in [3.8, 4) is 0 Å². The average Bonchev–Trinajstić information content (AvgIpc) is 3.27. The summed E-state index contributed by atoms with van der Waals surface area (Å²) in [4.78, 5) is 33.1. The Hall–Kier alpha value is -3.85. The number of para-hydroxylation sites is 1. The quantitative estimate of drug-likeness (QED) is 0.372. The molecular formula is C26H26ClFN6O2. The fourth-order valence-electron chi connectivity index (χ4n) is 3.76. The van der Waals surface area contributed by atoms with Gasteiger partial charge in [0.2, 0.25) is 11.8 Å². The highest BCUT2D eigenvalue weighted by molar-refractivity contribution is 6.31. The van der Waals surface area contributed by atoms with Crippen LogP contribution in [-0.2, 0) is 16.1 Å². The minimum Gasteiger partial charge on any atom is -0.349 e. The second-order valence-corrected chi connectivity index (χ2v) is 9.42. The maximum absolute atomic E-state index is 14.0. The van der Waals surface area contributed by atoms with Crippen molar-refractivity contribution in [2.75, 3.05) is 4.90 Å². The molecule has 1 N–H and O–H groups in total. The molecule has 8 nitrogen and oxygen atoms in total. The average molecular weight is 509 g/mol. The Bertz CT molecular complexity index is 1390. The summed E-state index contributed by atoms with van der Waals surface area (Å²) in [5.41, 5.74) is 1.51. The molecule has 4 rings (SSSR count). The maximum Gasteiger partial charge on any atom is 0.249 e. The molecule has 0 aliphatic carbocycles. The lowest BCUT2D eigenvalue weighted by atomic mass is 9.99. The normalized spacial score (nSPS) is 12.4. The standard InChI is InChI=1S/C26H26ClFN6O2/c1-4-26(2,3)30-25(36)24(17-8-7-13-29-15-17)34(18-11-12-20(28)19(27)14-18)23(35)16-33-22-10-6-5-9-21(22)31-32-33/h5-15,24H,4,16H2,1-3H3,(H,30,36). The Kier molecular flexibility index (Phi) is 7.30. The smallest absolute Gasteiger partial charge is 0.249 e. The van der Waals surface area contributed by atoms with Crippen molar-refractivity contribution in [1.29, 1.82) is 0 Å². The van der Waals surface area contributed by atoms with Gasteiger partial charge in [0.25, 0.3) is 0 Å². The molecule has 0 fully saturated rings. The number of rotatable bonds is 8. The zero-order valence-electron chi connectivity index (χ0n) is 20.2. The molecular weight excluding hydrogens is 483 g/mol. The van der Waals surface area contributed by atoms with Gasteiger partial charge in [0.05, 0.1) is 10.5 Å². The van der Waals surface area contributed by atoms with Crippen molar-refractivity contribution in [3.05, 3.63) is 83.4 Å². The monoisotopic (exact) mass is 508 g/mol. The van der Waals surface area contributed by atoms with Gasteiger partial charge < -0.3 is 5.32 Å². The van der Waals surface area contributed by atoms with Crippen molar-refractivity contribution < 1.29 is 14.0 Å². The SMILES string of the molecule is CCC(C)(C)NC(=O)C(c1cccnc1)N(C(=O)Cn1nnc2ccccc21)c1ccc(F)c(Cl)c1. The summed E-state index contributed by atoms with van der Waals surface area (Å²) in [5, 5.41) is 11.1. The number of pyridine rings is 1. The van der Waals surface area contributed by atoms with Gasteiger partial charge in [0.1, 0.15) is 23.9 Å². The minimum absolute atomic E-state index is 0.171. The Morgan fingerprint density at radius 1 is 1.17 bits per heavy atom. The van der Waals surface area contributed by atoms with Gasteiger partial charge in [-0.25, -0.2) is 9.07 Å². The van der Waals surface area contributed by atoms with Gasteiger partial charge in [-0.2, -0.15) is 0 Å². The molecule has 0 saturated heterocycles. The highest BCUT2D eigenvalue weighted by Gasteiger charge is 2.35. The molecule has 0 bridgehead atoms. The third kappa shape index (κ3) is 5.36. The largest absolute Gasteiger partial charge is 0.349 e. The third-order valence-electron chi connectivity index (χ3n) is 6.01. The molecule has 2 heterocycles. The first-order valence-electron chi connectivity index (χ1n) is 11.5. The number of nitrogens with zero attached hydrogens (tertiary/aromatic N) is 5. The highest BCUT2D eigenvalue weighted by Crippen LogP contribution is 2.31. The first kappa shape index (κ1) is 25.2. The summed E-state index contributed by atoms with van der Waals surface area (Å²) in [5.74, 6) is -1.51. The number of benzene rings is 2. The lowest BCUT2D eigenvalue weighted by Gasteiger charge is -2.34. The van der Waals surface area contributed by atoms with Crippen LogP contribution >= 0.6 is 11.6 Å². The topological polar surface area (TPSA) is 93.0 Å². The van der Waals surface area contributed by atoms with Crippen molar-refractivity contribution in [2.45, 2.75) is 45.3 Å². The fourth-order valence-corrected chi connectivity index (χ4v) is 3.93. The number of nitrogens with one attached hydrogen (secondary N) is 1. The van der Waals surface area contributed by atoms with Crippen LogP contribution in [0.5, 0.6) is 0 Å². The van der Waals surface area contributed by atoms with Crippen LogP contribution in [0.4, 0.5) is 10.1 Å². The molecule has 1 atom stereocenters. The number of amides is 2. The summed E-state index contributed by atoms with van der Waals surface area (Å²) in [7, 11) is 0. The summed E-state index contributed by atoms with van der Waals surface area (Å²) >= 11 is 6.09. The van der Waals surface area contributed by atoms with E-state index in [0.717, 1.165) is 6.07 Å². The molecule has 0 aliphatic rings. The van der Waals surface area contributed by atoms with Gasteiger partial charge in [0.15, 0.2) is 0 Å². The molecule has 0 radical (unpaired) electrons. The van der Waals surface area contributed by atoms with Gasteiger partial charge in [-0.3, -0.25) is 19.5 Å². The van der Waals surface area contributed by atoms with Crippen molar-refractivity contribution in [2.24, 2.45) is 0 Å². The van der Waals surface area contributed by atoms with Gasteiger partial charge in [-0.1, -0.05) is 41.9 Å². The summed E-state index contributed by atoms with van der Waals surface area (Å²) in [6.45, 7) is 5.54. The Morgan fingerprint density at radius 3 is 2.64 bits per heavy atom. The minimum atomic E-state index is -1.10. The number of hydrogen-bond acceptors (Lipinski definition) is 5. The number of halogens is 2. The second kappa shape index (κ2) is 10.4. The molecule has 186 valence electrons. The lowest BCUT2D eigenvalue weighted by molar-refractivity contribution is -0.128. The number of anilines is 1. The van der Waals surface area contributed by atoms with Crippen LogP contribution in [0.15, 0.2) is 67.0 Å². The number of aromatic nitrogens is 4. The second-order valence-electron chi connectivity index (χ2n) is 9.01. The van der Waals surface area contributed by atoms with E-state index in [0.29, 0.717) is 23.0 Å². The predicted octanol–water partition coefficient (Wildman–Crippen LogP) is 4.70. The number of carbonyl (C=O) groups excluding carboxylic acids is 2. The lowest BCUT2D eigenvalue weighted by Crippen LogP contribution is -2.51. The van der Waals surface area contributed by atoms with Crippen molar-refractivity contribution >= 4 is 40.1 Å². The highest BCUT2D eigenvalue weighted by atomic mass is 35.5. The van der Waals surface area contributed by atoms with E-state index in [1.807, 2.05) is 32.9 Å². The van der Waals surface area contributed by atoms with Crippen LogP contribution in [0.25, 0.3) is 11.0 Å². The maximum atomic E-state index is 14.0. The Morgan fingerprint density at radius 2 is 1.94 bits per heavy atom. The van der Waals surface area contributed by atoms with Crippen LogP contribution < -0.4 is 10.2 Å². The number of hydrogen-bond donors (Lipinski definition) is 1. The Balaban J connectivity index is 1.82. The number of carbonyl (C=O) groups is 2. The molecule has 2 aromatic heterocycles. The molecule has 4 aromatic rings. The summed E-state index contributed by atoms with van der Waals surface area (Å²) < 4.78 is 15.5. The molecule has 0 saturated carbocycles. The summed E-state index contributed by atoms with van der Waals surface area (Å²) in [6, 6.07) is 13.5. The van der Waals surface area contributed by atoms with Crippen LogP contribution in [0.2, 0.25) is 5.02 Å². The van der Waals surface area contributed by atoms with E-state index in [1.165, 1.54) is 27.9 Å². The zero-order valence-corrected chi connectivity index (χ0v) is 20.9. The molecule has 0 spiro atoms. The van der Waals surface area contributed by atoms with E-state index in [1.54, 1.807) is 30.5 Å². The van der Waals surface area contributed by atoms with Crippen LogP contribution in [0.1, 0.15) is 38.8 Å². The Labute approximate surface area is 213 Å². The molecule has 36 heavy (non-hydrogen) atoms. The van der Waals surface area contributed by atoms with E-state index >= 15 is 0 Å². The predicted molar refractivity (Wildman–Crippen MR) is 136 cm³/mol. The van der Waals surface area contributed by atoms with E-state index in [4.69, 9.17) is 11.6 Å². The van der Waals surface area contributed by atoms with Crippen LogP contribution in [0.3, 0.4) is 0 Å². The van der Waals surface area contributed by atoms with Gasteiger partial charge in [0, 0.05) is 29.2 Å². The third-order valence-corrected chi connectivity index (χ3v) is 6.30. The zero-order chi connectivity index (χ0) is 25.9. The molecule has 2 amide bonds. The number of fused-ring (bicyclic) bond motifs is 1. The van der Waals surface area contributed by atoms with Gasteiger partial charge in [-0.15, -0.1) is 5.10 Å². The van der Waals surface area contributed by atoms with E-state index in [9.17, 15) is 14.0 Å². The van der Waals surface area contributed by atoms with Gasteiger partial charge >= 0.3 is 0 Å². The van der Waals surface area contributed by atoms with E-state index in [2.05, 4.69) is 20.6 Å². The fraction of sp³-hybridized carbons (Fsp3) is 0.269. The van der Waals surface area contributed by atoms with Crippen molar-refractivity contribution in [1.82, 2.24) is 25.3 Å². The van der Waals surface area contributed by atoms with E-state index in [-0.39, 0.29) is 17.3 Å². The summed E-state index contributed by atoms with van der Waals surface area (Å²) in [6.07, 6.45) is 3.77. The van der Waals surface area contributed by atoms with Crippen molar-refractivity contribution in [3.63, 3.8) is 0 Å². The van der Waals surface area contributed by atoms with Gasteiger partial charge in [-0.05, 0) is 56.7 Å². The molecule has 1 unspecified atom stereocenters.